The third kappa shape index (κ3) is 3.24. The third-order valence-electron chi connectivity index (χ3n) is 2.61. The molecule has 0 fully saturated rings. The van der Waals surface area contributed by atoms with Crippen molar-refractivity contribution in [3.63, 3.8) is 0 Å². The highest BCUT2D eigenvalue weighted by Crippen LogP contribution is 2.19. The van der Waals surface area contributed by atoms with E-state index in [1.807, 2.05) is 6.07 Å². The van der Waals surface area contributed by atoms with E-state index < -0.39 is 21.0 Å². The van der Waals surface area contributed by atoms with Crippen molar-refractivity contribution < 1.29 is 17.9 Å². The highest BCUT2D eigenvalue weighted by Gasteiger charge is 2.26. The largest absolute Gasteiger partial charge is 0.462 e. The number of carbonyl (C=O) groups is 1. The Labute approximate surface area is 126 Å². The first-order valence-electron chi connectivity index (χ1n) is 6.21. The molecule has 0 radical (unpaired) electrons. The van der Waals surface area contributed by atoms with E-state index >= 15 is 0 Å². The fourth-order valence-electron chi connectivity index (χ4n) is 1.69. The van der Waals surface area contributed by atoms with E-state index in [4.69, 9.17) is 10.00 Å². The molecule has 0 saturated heterocycles. The second kappa shape index (κ2) is 6.28. The predicted molar refractivity (Wildman–Crippen MR) is 76.5 cm³/mol. The molecule has 0 aliphatic heterocycles. The normalized spacial score (nSPS) is 10.7. The van der Waals surface area contributed by atoms with E-state index in [0.717, 1.165) is 6.20 Å². The summed E-state index contributed by atoms with van der Waals surface area (Å²) in [6.07, 6.45) is 1.08. The van der Waals surface area contributed by atoms with Crippen LogP contribution in [0, 0.1) is 11.3 Å². The van der Waals surface area contributed by atoms with Gasteiger partial charge in [-0.05, 0) is 25.1 Å². The van der Waals surface area contributed by atoms with Gasteiger partial charge >= 0.3 is 5.97 Å². The summed E-state index contributed by atoms with van der Waals surface area (Å²) in [5, 5.41) is 14.3. The van der Waals surface area contributed by atoms with Crippen molar-refractivity contribution in [3.8, 4) is 6.07 Å². The van der Waals surface area contributed by atoms with Gasteiger partial charge < -0.3 is 4.74 Å². The standard InChI is InChI=1S/C13H12N4O4S/c1-2-21-13(18)11-8-15-16-12(11)22(19,20)17-10-5-3-4-9(6-10)7-14/h3-6,8,17H,2H2,1H3,(H,15,16). The van der Waals surface area contributed by atoms with Crippen LogP contribution in [0.2, 0.25) is 0 Å². The number of anilines is 1. The number of benzene rings is 1. The van der Waals surface area contributed by atoms with Gasteiger partial charge in [0.15, 0.2) is 5.03 Å². The van der Waals surface area contributed by atoms with Crippen LogP contribution in [0.1, 0.15) is 22.8 Å². The van der Waals surface area contributed by atoms with Crippen molar-refractivity contribution in [2.45, 2.75) is 11.9 Å². The summed E-state index contributed by atoms with van der Waals surface area (Å²) in [4.78, 5) is 11.7. The molecule has 1 heterocycles. The summed E-state index contributed by atoms with van der Waals surface area (Å²) in [7, 11) is -4.07. The Morgan fingerprint density at radius 1 is 1.50 bits per heavy atom. The van der Waals surface area contributed by atoms with Gasteiger partial charge in [-0.1, -0.05) is 6.07 Å². The molecule has 0 aliphatic carbocycles. The van der Waals surface area contributed by atoms with Crippen molar-refractivity contribution in [3.05, 3.63) is 41.6 Å². The number of H-pyrrole nitrogens is 1. The molecule has 0 spiro atoms. The summed E-state index contributed by atoms with van der Waals surface area (Å²) in [5.74, 6) is -0.789. The lowest BCUT2D eigenvalue weighted by molar-refractivity contribution is 0.0522. The first-order valence-corrected chi connectivity index (χ1v) is 7.69. The topological polar surface area (TPSA) is 125 Å². The van der Waals surface area contributed by atoms with Gasteiger partial charge in [-0.3, -0.25) is 9.82 Å². The molecule has 0 atom stereocenters. The maximum absolute atomic E-state index is 12.3. The molecule has 1 aromatic heterocycles. The van der Waals surface area contributed by atoms with Gasteiger partial charge in [0.2, 0.25) is 0 Å². The van der Waals surface area contributed by atoms with Gasteiger partial charge in [-0.25, -0.2) is 4.79 Å². The molecule has 22 heavy (non-hydrogen) atoms. The number of aromatic amines is 1. The molecule has 9 heteroatoms. The van der Waals surface area contributed by atoms with Crippen molar-refractivity contribution in [2.24, 2.45) is 0 Å². The van der Waals surface area contributed by atoms with Crippen LogP contribution in [0.4, 0.5) is 5.69 Å². The van der Waals surface area contributed by atoms with Crippen molar-refractivity contribution in [1.82, 2.24) is 10.2 Å². The minimum atomic E-state index is -4.07. The van der Waals surface area contributed by atoms with E-state index in [1.165, 1.54) is 24.3 Å². The predicted octanol–water partition coefficient (Wildman–Crippen LogP) is 1.26. The highest BCUT2D eigenvalue weighted by molar-refractivity contribution is 7.92. The van der Waals surface area contributed by atoms with Crippen LogP contribution < -0.4 is 4.72 Å². The second-order valence-corrected chi connectivity index (χ2v) is 5.75. The number of rotatable bonds is 5. The Balaban J connectivity index is 2.34. The second-order valence-electron chi connectivity index (χ2n) is 4.13. The van der Waals surface area contributed by atoms with E-state index in [1.54, 1.807) is 6.92 Å². The van der Waals surface area contributed by atoms with Crippen molar-refractivity contribution in [1.29, 1.82) is 5.26 Å². The summed E-state index contributed by atoms with van der Waals surface area (Å²) in [5.41, 5.74) is 0.310. The van der Waals surface area contributed by atoms with Gasteiger partial charge in [0.1, 0.15) is 5.56 Å². The Morgan fingerprint density at radius 3 is 2.95 bits per heavy atom. The molecule has 0 bridgehead atoms. The molecule has 0 aliphatic rings. The molecule has 0 saturated carbocycles. The Morgan fingerprint density at radius 2 is 2.27 bits per heavy atom. The molecule has 114 valence electrons. The molecule has 2 N–H and O–H groups in total. The minimum Gasteiger partial charge on any atom is -0.462 e. The number of hydrogen-bond donors (Lipinski definition) is 2. The van der Waals surface area contributed by atoms with Gasteiger partial charge in [-0.2, -0.15) is 18.8 Å². The first kappa shape index (κ1) is 15.5. The maximum atomic E-state index is 12.3. The molecule has 2 aromatic rings. The zero-order chi connectivity index (χ0) is 16.2. The molecule has 0 amide bonds. The lowest BCUT2D eigenvalue weighted by Crippen LogP contribution is -2.17. The average Bonchev–Trinajstić information content (AvgIpc) is 2.97. The highest BCUT2D eigenvalue weighted by atomic mass is 32.2. The third-order valence-corrected chi connectivity index (χ3v) is 3.97. The summed E-state index contributed by atoms with van der Waals surface area (Å²) in [6, 6.07) is 7.84. The Hall–Kier alpha value is -2.86. The molecular formula is C13H12N4O4S. The monoisotopic (exact) mass is 320 g/mol. The molecule has 2 rings (SSSR count). The Kier molecular flexibility index (Phi) is 4.43. The zero-order valence-corrected chi connectivity index (χ0v) is 12.3. The lowest BCUT2D eigenvalue weighted by atomic mass is 10.2. The fourth-order valence-corrected chi connectivity index (χ4v) is 2.83. The van der Waals surface area contributed by atoms with Crippen LogP contribution in [-0.2, 0) is 14.8 Å². The van der Waals surface area contributed by atoms with Crippen LogP contribution in [0.3, 0.4) is 0 Å². The number of carbonyl (C=O) groups excluding carboxylic acids is 1. The summed E-state index contributed by atoms with van der Waals surface area (Å²) >= 11 is 0. The van der Waals surface area contributed by atoms with Crippen LogP contribution >= 0.6 is 0 Å². The van der Waals surface area contributed by atoms with Crippen LogP contribution in [0.5, 0.6) is 0 Å². The van der Waals surface area contributed by atoms with Crippen molar-refractivity contribution >= 4 is 21.7 Å². The van der Waals surface area contributed by atoms with E-state index in [9.17, 15) is 13.2 Å². The van der Waals surface area contributed by atoms with E-state index in [0.29, 0.717) is 5.56 Å². The van der Waals surface area contributed by atoms with Crippen LogP contribution in [0.15, 0.2) is 35.5 Å². The Bertz CT molecular complexity index is 836. The smallest absolute Gasteiger partial charge is 0.342 e. The fraction of sp³-hybridized carbons (Fsp3) is 0.154. The van der Waals surface area contributed by atoms with Crippen LogP contribution in [-0.4, -0.2) is 31.2 Å². The number of esters is 1. The quantitative estimate of drug-likeness (QED) is 0.799. The van der Waals surface area contributed by atoms with Crippen molar-refractivity contribution in [2.75, 3.05) is 11.3 Å². The number of sulfonamides is 1. The molecule has 8 nitrogen and oxygen atoms in total. The first-order chi connectivity index (χ1) is 10.5. The van der Waals surface area contributed by atoms with Gasteiger partial charge in [0.05, 0.1) is 30.1 Å². The summed E-state index contributed by atoms with van der Waals surface area (Å²) < 4.78 is 31.7. The molecule has 1 aromatic carbocycles. The number of nitrogens with one attached hydrogen (secondary N) is 2. The number of nitriles is 1. The summed E-state index contributed by atoms with van der Waals surface area (Å²) in [6.45, 7) is 1.72. The van der Waals surface area contributed by atoms with Gasteiger partial charge in [-0.15, -0.1) is 0 Å². The number of hydrogen-bond acceptors (Lipinski definition) is 6. The number of aromatic nitrogens is 2. The van der Waals surface area contributed by atoms with E-state index in [2.05, 4.69) is 14.9 Å². The minimum absolute atomic E-state index is 0.112. The molecule has 0 unspecified atom stereocenters. The van der Waals surface area contributed by atoms with Gasteiger partial charge in [0, 0.05) is 0 Å². The average molecular weight is 320 g/mol. The van der Waals surface area contributed by atoms with Crippen LogP contribution in [0.25, 0.3) is 0 Å². The number of nitrogens with zero attached hydrogens (tertiary/aromatic N) is 2. The van der Waals surface area contributed by atoms with Gasteiger partial charge in [0.25, 0.3) is 10.0 Å². The van der Waals surface area contributed by atoms with E-state index in [-0.39, 0.29) is 17.9 Å². The zero-order valence-electron chi connectivity index (χ0n) is 11.5. The molecular weight excluding hydrogens is 308 g/mol. The lowest BCUT2D eigenvalue weighted by Gasteiger charge is -2.08. The SMILES string of the molecule is CCOC(=O)c1cn[nH]c1S(=O)(=O)Nc1cccc(C#N)c1. The maximum Gasteiger partial charge on any atom is 0.342 e. The number of ether oxygens (including phenoxy) is 1.